The van der Waals surface area contributed by atoms with Gasteiger partial charge in [-0.1, -0.05) is 19.1 Å². The molecule has 0 fully saturated rings. The lowest BCUT2D eigenvalue weighted by atomic mass is 10.1. The third-order valence-corrected chi connectivity index (χ3v) is 4.44. The van der Waals surface area contributed by atoms with Crippen LogP contribution in [0.1, 0.15) is 24.9 Å². The van der Waals surface area contributed by atoms with Gasteiger partial charge in [-0.05, 0) is 37.2 Å². The van der Waals surface area contributed by atoms with E-state index in [1.165, 1.54) is 12.4 Å². The van der Waals surface area contributed by atoms with Crippen molar-refractivity contribution in [1.29, 1.82) is 0 Å². The van der Waals surface area contributed by atoms with Crippen LogP contribution in [0.15, 0.2) is 47.6 Å². The first-order valence-corrected chi connectivity index (χ1v) is 8.12. The molecule has 6 nitrogen and oxygen atoms in total. The maximum Gasteiger partial charge on any atom is 0.264 e. The molecule has 21 heavy (non-hydrogen) atoms. The van der Waals surface area contributed by atoms with Crippen LogP contribution in [-0.2, 0) is 10.0 Å². The van der Waals surface area contributed by atoms with Crippen molar-refractivity contribution in [2.45, 2.75) is 24.3 Å². The molecule has 0 aliphatic heterocycles. The Balaban J connectivity index is 2.30. The number of nitrogens with zero attached hydrogens (tertiary/aromatic N) is 2. The average molecular weight is 306 g/mol. The van der Waals surface area contributed by atoms with Crippen molar-refractivity contribution in [3.8, 4) is 0 Å². The summed E-state index contributed by atoms with van der Waals surface area (Å²) in [5.74, 6) is 0.0589. The molecule has 0 amide bonds. The molecule has 1 atom stereocenters. The topological polar surface area (TPSA) is 84.0 Å². The third kappa shape index (κ3) is 3.77. The summed E-state index contributed by atoms with van der Waals surface area (Å²) in [6, 6.07) is 8.59. The summed E-state index contributed by atoms with van der Waals surface area (Å²) in [6.07, 6.45) is 3.83. The van der Waals surface area contributed by atoms with E-state index in [0.29, 0.717) is 0 Å². The highest BCUT2D eigenvalue weighted by Crippen LogP contribution is 2.20. The van der Waals surface area contributed by atoms with Crippen molar-refractivity contribution in [3.63, 3.8) is 0 Å². The maximum atomic E-state index is 12.3. The Bertz CT molecular complexity index is 685. The zero-order valence-corrected chi connectivity index (χ0v) is 12.8. The van der Waals surface area contributed by atoms with Crippen LogP contribution < -0.4 is 10.0 Å². The zero-order valence-electron chi connectivity index (χ0n) is 11.9. The largest absolute Gasteiger partial charge is 0.313 e. The van der Waals surface area contributed by atoms with Gasteiger partial charge in [-0.25, -0.2) is 23.1 Å². The third-order valence-electron chi connectivity index (χ3n) is 3.12. The number of hydrogen-bond acceptors (Lipinski definition) is 5. The molecule has 2 aromatic rings. The number of aromatic nitrogens is 2. The van der Waals surface area contributed by atoms with Crippen LogP contribution in [0.2, 0.25) is 0 Å². The first-order chi connectivity index (χ1) is 10.1. The lowest BCUT2D eigenvalue weighted by Crippen LogP contribution is -2.18. The van der Waals surface area contributed by atoms with Gasteiger partial charge in [0.05, 0.1) is 4.90 Å². The van der Waals surface area contributed by atoms with Crippen LogP contribution in [0.25, 0.3) is 0 Å². The minimum absolute atomic E-state index is 0.0589. The molecular formula is C14H18N4O2S. The van der Waals surface area contributed by atoms with E-state index in [0.717, 1.165) is 12.0 Å². The lowest BCUT2D eigenvalue weighted by Gasteiger charge is -2.15. The van der Waals surface area contributed by atoms with Crippen LogP contribution in [0, 0.1) is 0 Å². The van der Waals surface area contributed by atoms with E-state index in [1.807, 2.05) is 20.0 Å². The van der Waals surface area contributed by atoms with Gasteiger partial charge >= 0.3 is 0 Å². The van der Waals surface area contributed by atoms with Crippen molar-refractivity contribution in [2.75, 3.05) is 11.8 Å². The molecule has 1 heterocycles. The Labute approximate surface area is 124 Å². The summed E-state index contributed by atoms with van der Waals surface area (Å²) in [6.45, 7) is 2.04. The smallest absolute Gasteiger partial charge is 0.264 e. The molecule has 1 aromatic carbocycles. The zero-order chi connectivity index (χ0) is 15.3. The van der Waals surface area contributed by atoms with Gasteiger partial charge in [0.25, 0.3) is 10.0 Å². The predicted octanol–water partition coefficient (Wildman–Crippen LogP) is 1.95. The number of benzene rings is 1. The van der Waals surface area contributed by atoms with E-state index >= 15 is 0 Å². The number of anilines is 1. The molecule has 112 valence electrons. The predicted molar refractivity (Wildman–Crippen MR) is 81.4 cm³/mol. The van der Waals surface area contributed by atoms with Crippen LogP contribution in [0.3, 0.4) is 0 Å². The number of nitrogens with one attached hydrogen (secondary N) is 2. The fraction of sp³-hybridized carbons (Fsp3) is 0.286. The average Bonchev–Trinajstić information content (AvgIpc) is 2.49. The number of hydrogen-bond donors (Lipinski definition) is 2. The molecule has 2 N–H and O–H groups in total. The second-order valence-electron chi connectivity index (χ2n) is 4.50. The van der Waals surface area contributed by atoms with E-state index in [2.05, 4.69) is 20.0 Å². The fourth-order valence-corrected chi connectivity index (χ4v) is 3.05. The van der Waals surface area contributed by atoms with Crippen molar-refractivity contribution >= 4 is 16.0 Å². The van der Waals surface area contributed by atoms with E-state index in [-0.39, 0.29) is 16.9 Å². The molecule has 0 saturated carbocycles. The Morgan fingerprint density at radius 3 is 2.52 bits per heavy atom. The van der Waals surface area contributed by atoms with Crippen LogP contribution >= 0.6 is 0 Å². The van der Waals surface area contributed by atoms with Gasteiger partial charge in [-0.2, -0.15) is 0 Å². The van der Waals surface area contributed by atoms with Gasteiger partial charge in [-0.15, -0.1) is 0 Å². The molecule has 2 rings (SSSR count). The maximum absolute atomic E-state index is 12.3. The van der Waals surface area contributed by atoms with E-state index in [1.54, 1.807) is 24.3 Å². The minimum atomic E-state index is -3.69. The molecular weight excluding hydrogens is 288 g/mol. The molecule has 7 heteroatoms. The van der Waals surface area contributed by atoms with Crippen LogP contribution in [0.5, 0.6) is 0 Å². The van der Waals surface area contributed by atoms with Crippen molar-refractivity contribution in [1.82, 2.24) is 15.3 Å². The summed E-state index contributed by atoms with van der Waals surface area (Å²) in [7, 11) is -1.84. The highest BCUT2D eigenvalue weighted by atomic mass is 32.2. The summed E-state index contributed by atoms with van der Waals surface area (Å²) >= 11 is 0. The molecule has 0 radical (unpaired) electrons. The lowest BCUT2D eigenvalue weighted by molar-refractivity contribution is 0.574. The van der Waals surface area contributed by atoms with Crippen LogP contribution in [0.4, 0.5) is 5.95 Å². The fourth-order valence-electron chi connectivity index (χ4n) is 2.04. The molecule has 0 aliphatic rings. The van der Waals surface area contributed by atoms with Crippen molar-refractivity contribution in [3.05, 3.63) is 48.3 Å². The minimum Gasteiger partial charge on any atom is -0.313 e. The van der Waals surface area contributed by atoms with Gasteiger partial charge in [0.15, 0.2) is 0 Å². The Hall–Kier alpha value is -1.99. The second-order valence-corrected chi connectivity index (χ2v) is 6.18. The highest BCUT2D eigenvalue weighted by Gasteiger charge is 2.17. The van der Waals surface area contributed by atoms with Gasteiger partial charge < -0.3 is 5.32 Å². The molecule has 1 unspecified atom stereocenters. The van der Waals surface area contributed by atoms with E-state index in [4.69, 9.17) is 0 Å². The normalized spacial score (nSPS) is 12.9. The van der Waals surface area contributed by atoms with Gasteiger partial charge in [0.1, 0.15) is 0 Å². The Morgan fingerprint density at radius 1 is 1.19 bits per heavy atom. The molecule has 0 spiro atoms. The summed E-state index contributed by atoms with van der Waals surface area (Å²) < 4.78 is 27.0. The quantitative estimate of drug-likeness (QED) is 0.852. The number of sulfonamides is 1. The summed E-state index contributed by atoms with van der Waals surface area (Å²) in [5.41, 5.74) is 0.928. The van der Waals surface area contributed by atoms with Gasteiger partial charge in [-0.3, -0.25) is 0 Å². The van der Waals surface area contributed by atoms with E-state index < -0.39 is 10.0 Å². The Kier molecular flexibility index (Phi) is 4.87. The van der Waals surface area contributed by atoms with Crippen LogP contribution in [-0.4, -0.2) is 25.4 Å². The van der Waals surface area contributed by atoms with Crippen molar-refractivity contribution in [2.24, 2.45) is 0 Å². The standard InChI is InChI=1S/C14H18N4O2S/c1-3-13(15-2)11-6-4-7-12(10-11)21(19,20)18-14-16-8-5-9-17-14/h4-10,13,15H,3H2,1-2H3,(H,16,17,18). The molecule has 0 saturated heterocycles. The first kappa shape index (κ1) is 15.4. The van der Waals surface area contributed by atoms with E-state index in [9.17, 15) is 8.42 Å². The Morgan fingerprint density at radius 2 is 1.90 bits per heavy atom. The van der Waals surface area contributed by atoms with Gasteiger partial charge in [0.2, 0.25) is 5.95 Å². The molecule has 0 aliphatic carbocycles. The second kappa shape index (κ2) is 6.64. The highest BCUT2D eigenvalue weighted by molar-refractivity contribution is 7.92. The molecule has 1 aromatic heterocycles. The van der Waals surface area contributed by atoms with Crippen molar-refractivity contribution < 1.29 is 8.42 Å². The van der Waals surface area contributed by atoms with Gasteiger partial charge in [0, 0.05) is 18.4 Å². The molecule has 0 bridgehead atoms. The first-order valence-electron chi connectivity index (χ1n) is 6.64. The summed E-state index contributed by atoms with van der Waals surface area (Å²) in [5, 5.41) is 3.16. The SMILES string of the molecule is CCC(NC)c1cccc(S(=O)(=O)Nc2ncccn2)c1. The monoisotopic (exact) mass is 306 g/mol. The number of rotatable bonds is 6. The summed E-state index contributed by atoms with van der Waals surface area (Å²) in [4.78, 5) is 7.93.